The standard InChI is InChI=1S/C48H30N2O2/c1-5-13-31(14-6-1)35-21-23-39-43(27-35)51-45-29-37(33-17-9-3-10-18-33)26-42-47(45)49(39)41-25-38(34-19-11-4-12-20-34)30-46-48(41)50(42)40-24-22-36(28-44(40)52-46)32-15-7-2-8-16-32/h1-30H. The van der Waals surface area contributed by atoms with Crippen LogP contribution in [-0.2, 0) is 0 Å². The molecule has 244 valence electrons. The van der Waals surface area contributed by atoms with Crippen molar-refractivity contribution in [2.45, 2.75) is 0 Å². The Morgan fingerprint density at radius 3 is 0.942 bits per heavy atom. The minimum atomic E-state index is 0.806. The molecule has 3 heterocycles. The van der Waals surface area contributed by atoms with E-state index in [0.29, 0.717) is 0 Å². The lowest BCUT2D eigenvalue weighted by molar-refractivity contribution is 0.640. The van der Waals surface area contributed by atoms with Crippen LogP contribution in [0.1, 0.15) is 0 Å². The van der Waals surface area contributed by atoms with E-state index in [1.165, 1.54) is 0 Å². The smallest absolute Gasteiger partial charge is 0.154 e. The Labute approximate surface area is 299 Å². The highest BCUT2D eigenvalue weighted by Crippen LogP contribution is 2.45. The van der Waals surface area contributed by atoms with E-state index in [4.69, 9.17) is 8.83 Å². The third-order valence-corrected chi connectivity index (χ3v) is 10.3. The van der Waals surface area contributed by atoms with E-state index < -0.39 is 0 Å². The quantitative estimate of drug-likeness (QED) is 0.138. The molecule has 0 aliphatic carbocycles. The molecule has 0 saturated carbocycles. The molecule has 0 aromatic heterocycles. The third kappa shape index (κ3) is 4.41. The fourth-order valence-corrected chi connectivity index (χ4v) is 7.89. The van der Waals surface area contributed by atoms with Gasteiger partial charge in [0, 0.05) is 0 Å². The maximum Gasteiger partial charge on any atom is 0.154 e. The molecule has 0 spiro atoms. The van der Waals surface area contributed by atoms with Crippen molar-refractivity contribution < 1.29 is 8.83 Å². The molecule has 0 bridgehead atoms. The monoisotopic (exact) mass is 666 g/mol. The van der Waals surface area contributed by atoms with Gasteiger partial charge in [-0.3, -0.25) is 9.13 Å². The van der Waals surface area contributed by atoms with Crippen LogP contribution in [0.2, 0.25) is 0 Å². The second kappa shape index (κ2) is 11.2. The highest BCUT2D eigenvalue weighted by atomic mass is 16.3. The predicted molar refractivity (Wildman–Crippen MR) is 213 cm³/mol. The summed E-state index contributed by atoms with van der Waals surface area (Å²) in [5, 5.41) is 0. The Hall–Kier alpha value is -7.04. The van der Waals surface area contributed by atoms with E-state index in [1.807, 2.05) is 12.1 Å². The maximum absolute atomic E-state index is 6.98. The first-order valence-corrected chi connectivity index (χ1v) is 17.6. The van der Waals surface area contributed by atoms with Gasteiger partial charge in [0.05, 0.1) is 22.1 Å². The Morgan fingerprint density at radius 2 is 0.577 bits per heavy atom. The number of aromatic nitrogens is 2. The van der Waals surface area contributed by atoms with Crippen molar-refractivity contribution in [1.82, 2.24) is 9.13 Å². The van der Waals surface area contributed by atoms with E-state index in [0.717, 1.165) is 100 Å². The van der Waals surface area contributed by atoms with Gasteiger partial charge in [-0.1, -0.05) is 133 Å². The summed E-state index contributed by atoms with van der Waals surface area (Å²) >= 11 is 0. The van der Waals surface area contributed by atoms with Crippen molar-refractivity contribution in [3.05, 3.63) is 182 Å². The van der Waals surface area contributed by atoms with Crippen LogP contribution in [-0.4, -0.2) is 9.13 Å². The van der Waals surface area contributed by atoms with Crippen LogP contribution in [0, 0.1) is 0 Å². The molecule has 52 heavy (non-hydrogen) atoms. The zero-order valence-electron chi connectivity index (χ0n) is 28.0. The topological polar surface area (TPSA) is 36.1 Å². The fourth-order valence-electron chi connectivity index (χ4n) is 7.89. The lowest BCUT2D eigenvalue weighted by atomic mass is 9.99. The molecule has 0 N–H and O–H groups in total. The van der Waals surface area contributed by atoms with Crippen molar-refractivity contribution in [3.63, 3.8) is 0 Å². The summed E-state index contributed by atoms with van der Waals surface area (Å²) in [7, 11) is 0. The molecule has 4 heteroatoms. The fraction of sp³-hybridized carbons (Fsp3) is 0. The number of benzene rings is 8. The van der Waals surface area contributed by atoms with Gasteiger partial charge in [-0.25, -0.2) is 0 Å². The molecule has 8 aromatic rings. The van der Waals surface area contributed by atoms with Gasteiger partial charge in [0.15, 0.2) is 22.3 Å². The number of hydrogen-bond donors (Lipinski definition) is 0. The van der Waals surface area contributed by atoms with Crippen LogP contribution in [0.15, 0.2) is 191 Å². The van der Waals surface area contributed by atoms with Crippen LogP contribution in [0.25, 0.3) is 100 Å². The summed E-state index contributed by atoms with van der Waals surface area (Å²) in [5.74, 6) is 0. The molecule has 8 aromatic carbocycles. The number of hydrogen-bond acceptors (Lipinski definition) is 2. The Kier molecular flexibility index (Phi) is 6.22. The minimum Gasteiger partial charge on any atom is -0.453 e. The van der Waals surface area contributed by atoms with Crippen molar-refractivity contribution in [3.8, 4) is 55.9 Å². The molecular weight excluding hydrogens is 637 g/mol. The summed E-state index contributed by atoms with van der Waals surface area (Å²) < 4.78 is 18.7. The molecule has 11 rings (SSSR count). The van der Waals surface area contributed by atoms with Crippen LogP contribution in [0.3, 0.4) is 0 Å². The van der Waals surface area contributed by atoms with Crippen LogP contribution in [0.5, 0.6) is 0 Å². The summed E-state index contributed by atoms with van der Waals surface area (Å²) in [5.41, 5.74) is 18.2. The van der Waals surface area contributed by atoms with Crippen LogP contribution < -0.4 is 0 Å². The van der Waals surface area contributed by atoms with Gasteiger partial charge < -0.3 is 8.83 Å². The molecule has 0 saturated heterocycles. The maximum atomic E-state index is 6.98. The Bertz CT molecular complexity index is 2830. The third-order valence-electron chi connectivity index (χ3n) is 10.3. The lowest BCUT2D eigenvalue weighted by Gasteiger charge is -2.29. The normalized spacial score (nSPS) is 11.8. The molecule has 0 atom stereocenters. The number of fused-ring (bicyclic) bond motifs is 6. The second-order valence-corrected chi connectivity index (χ2v) is 13.4. The average Bonchev–Trinajstić information content (AvgIpc) is 3.22. The van der Waals surface area contributed by atoms with Crippen molar-refractivity contribution in [1.29, 1.82) is 0 Å². The largest absolute Gasteiger partial charge is 0.453 e. The van der Waals surface area contributed by atoms with Gasteiger partial charge in [0.2, 0.25) is 0 Å². The van der Waals surface area contributed by atoms with E-state index in [1.54, 1.807) is 0 Å². The molecule has 3 aliphatic rings. The predicted octanol–water partition coefficient (Wildman–Crippen LogP) is 13.2. The highest BCUT2D eigenvalue weighted by Gasteiger charge is 2.28. The van der Waals surface area contributed by atoms with E-state index >= 15 is 0 Å². The van der Waals surface area contributed by atoms with Gasteiger partial charge >= 0.3 is 0 Å². The van der Waals surface area contributed by atoms with Crippen molar-refractivity contribution >= 4 is 44.4 Å². The lowest BCUT2D eigenvalue weighted by Crippen LogP contribution is -2.14. The summed E-state index contributed by atoms with van der Waals surface area (Å²) in [6, 6.07) is 64.1. The van der Waals surface area contributed by atoms with Gasteiger partial charge in [-0.15, -0.1) is 0 Å². The minimum absolute atomic E-state index is 0.806. The summed E-state index contributed by atoms with van der Waals surface area (Å²) in [6.45, 7) is 0. The van der Waals surface area contributed by atoms with Gasteiger partial charge in [0.1, 0.15) is 11.4 Å². The second-order valence-electron chi connectivity index (χ2n) is 13.4. The van der Waals surface area contributed by atoms with Crippen molar-refractivity contribution in [2.24, 2.45) is 0 Å². The molecule has 0 fully saturated rings. The molecule has 3 aliphatic heterocycles. The van der Waals surface area contributed by atoms with Crippen molar-refractivity contribution in [2.75, 3.05) is 0 Å². The van der Waals surface area contributed by atoms with Gasteiger partial charge in [-0.05, 0) is 93.0 Å². The first-order valence-electron chi connectivity index (χ1n) is 17.6. The Morgan fingerprint density at radius 1 is 0.250 bits per heavy atom. The van der Waals surface area contributed by atoms with Gasteiger partial charge in [0.25, 0.3) is 0 Å². The molecule has 0 unspecified atom stereocenters. The summed E-state index contributed by atoms with van der Waals surface area (Å²) in [4.78, 5) is 0. The average molecular weight is 667 g/mol. The van der Waals surface area contributed by atoms with Crippen LogP contribution in [0.4, 0.5) is 0 Å². The van der Waals surface area contributed by atoms with E-state index in [9.17, 15) is 0 Å². The zero-order valence-corrected chi connectivity index (χ0v) is 28.0. The highest BCUT2D eigenvalue weighted by molar-refractivity contribution is 6.04. The molecule has 0 radical (unpaired) electrons. The van der Waals surface area contributed by atoms with E-state index in [2.05, 4.69) is 179 Å². The summed E-state index contributed by atoms with van der Waals surface area (Å²) in [6.07, 6.45) is 0. The molecule has 0 amide bonds. The SMILES string of the molecule is c1ccc(-c2ccc3c(c2)oc2cc(-c4ccccc4)cc4c2-n3c2cc(-c3ccccc3)cc3oc5cc(-c6ccccc6)ccc5n4-c32)cc1. The van der Waals surface area contributed by atoms with Gasteiger partial charge in [-0.2, -0.15) is 0 Å². The first-order chi connectivity index (χ1) is 25.8. The first kappa shape index (κ1) is 28.8. The molecule has 4 nitrogen and oxygen atoms in total. The zero-order chi connectivity index (χ0) is 34.2. The Balaban J connectivity index is 1.33. The number of nitrogens with zero attached hydrogens (tertiary/aromatic N) is 2. The molecular formula is C48H30N2O2. The van der Waals surface area contributed by atoms with Crippen LogP contribution >= 0.6 is 0 Å². The van der Waals surface area contributed by atoms with E-state index in [-0.39, 0.29) is 0 Å². The number of rotatable bonds is 4.